The topological polar surface area (TPSA) is 103 Å². The van der Waals surface area contributed by atoms with Crippen molar-refractivity contribution in [3.05, 3.63) is 42.5 Å². The fraction of sp³-hybridized carbons (Fsp3) is 0.412. The Balaban J connectivity index is 1.49. The van der Waals surface area contributed by atoms with E-state index >= 15 is 0 Å². The zero-order valence-corrected chi connectivity index (χ0v) is 13.9. The highest BCUT2D eigenvalue weighted by Crippen LogP contribution is 2.24. The summed E-state index contributed by atoms with van der Waals surface area (Å²) >= 11 is 0. The molecule has 8 heteroatoms. The molecule has 0 aromatic carbocycles. The van der Waals surface area contributed by atoms with Gasteiger partial charge in [0.15, 0.2) is 0 Å². The summed E-state index contributed by atoms with van der Waals surface area (Å²) < 4.78 is 0. The second-order valence-corrected chi connectivity index (χ2v) is 5.86. The van der Waals surface area contributed by atoms with Crippen molar-refractivity contribution >= 4 is 17.5 Å². The van der Waals surface area contributed by atoms with Crippen molar-refractivity contribution in [2.75, 3.05) is 36.5 Å². The molecule has 0 spiro atoms. The van der Waals surface area contributed by atoms with Crippen LogP contribution in [0.25, 0.3) is 0 Å². The van der Waals surface area contributed by atoms with Crippen LogP contribution in [0.2, 0.25) is 0 Å². The number of rotatable bonds is 7. The third kappa shape index (κ3) is 4.42. The summed E-state index contributed by atoms with van der Waals surface area (Å²) in [5.41, 5.74) is 0.538. The molecule has 1 aliphatic rings. The smallest absolute Gasteiger partial charge is 0.252 e. The van der Waals surface area contributed by atoms with Crippen molar-refractivity contribution in [2.24, 2.45) is 0 Å². The minimum absolute atomic E-state index is 0.126. The molecule has 1 aliphatic heterocycles. The highest BCUT2D eigenvalue weighted by Gasteiger charge is 2.25. The quantitative estimate of drug-likeness (QED) is 0.636. The summed E-state index contributed by atoms with van der Waals surface area (Å²) in [7, 11) is 0. The Morgan fingerprint density at radius 1 is 1.36 bits per heavy atom. The Bertz CT molecular complexity index is 697. The van der Waals surface area contributed by atoms with E-state index in [9.17, 15) is 9.90 Å². The third-order valence-electron chi connectivity index (χ3n) is 4.18. The molecule has 3 heterocycles. The number of anilines is 2. The molecule has 2 aromatic heterocycles. The minimum Gasteiger partial charge on any atom is -0.394 e. The molecular formula is C17H22N6O2. The second-order valence-electron chi connectivity index (χ2n) is 5.86. The van der Waals surface area contributed by atoms with Crippen molar-refractivity contribution in [1.29, 1.82) is 0 Å². The fourth-order valence-corrected chi connectivity index (χ4v) is 2.89. The van der Waals surface area contributed by atoms with Gasteiger partial charge in [0.05, 0.1) is 18.2 Å². The molecule has 0 saturated carbocycles. The van der Waals surface area contributed by atoms with E-state index in [-0.39, 0.29) is 18.6 Å². The normalized spacial score (nSPS) is 16.7. The van der Waals surface area contributed by atoms with Gasteiger partial charge in [0.2, 0.25) is 0 Å². The number of nitrogens with one attached hydrogen (secondary N) is 2. The van der Waals surface area contributed by atoms with E-state index < -0.39 is 0 Å². The zero-order chi connectivity index (χ0) is 17.5. The monoisotopic (exact) mass is 342 g/mol. The number of aliphatic hydroxyl groups excluding tert-OH is 1. The molecule has 3 N–H and O–H groups in total. The maximum Gasteiger partial charge on any atom is 0.252 e. The maximum atomic E-state index is 11.9. The van der Waals surface area contributed by atoms with Crippen LogP contribution >= 0.6 is 0 Å². The largest absolute Gasteiger partial charge is 0.394 e. The molecular weight excluding hydrogens is 320 g/mol. The van der Waals surface area contributed by atoms with E-state index in [1.807, 2.05) is 6.07 Å². The first-order valence-electron chi connectivity index (χ1n) is 8.39. The van der Waals surface area contributed by atoms with Crippen molar-refractivity contribution in [3.8, 4) is 0 Å². The Hall–Kier alpha value is -2.74. The Morgan fingerprint density at radius 3 is 3.08 bits per heavy atom. The molecule has 2 aromatic rings. The minimum atomic E-state index is -0.152. The molecule has 3 rings (SSSR count). The number of aromatic nitrogens is 3. The molecule has 8 nitrogen and oxygen atoms in total. The van der Waals surface area contributed by atoms with Gasteiger partial charge in [-0.25, -0.2) is 9.97 Å². The highest BCUT2D eigenvalue weighted by atomic mass is 16.3. The van der Waals surface area contributed by atoms with Gasteiger partial charge in [-0.15, -0.1) is 0 Å². The Labute approximate surface area is 146 Å². The summed E-state index contributed by atoms with van der Waals surface area (Å²) in [5.74, 6) is 1.36. The lowest BCUT2D eigenvalue weighted by Crippen LogP contribution is -2.33. The Morgan fingerprint density at radius 2 is 2.28 bits per heavy atom. The van der Waals surface area contributed by atoms with Gasteiger partial charge in [-0.3, -0.25) is 9.78 Å². The zero-order valence-electron chi connectivity index (χ0n) is 13.9. The van der Waals surface area contributed by atoms with Crippen LogP contribution in [0.3, 0.4) is 0 Å². The van der Waals surface area contributed by atoms with Crippen molar-refractivity contribution in [2.45, 2.75) is 18.9 Å². The van der Waals surface area contributed by atoms with Crippen LogP contribution in [-0.2, 0) is 0 Å². The summed E-state index contributed by atoms with van der Waals surface area (Å²) in [6, 6.07) is 5.45. The summed E-state index contributed by atoms with van der Waals surface area (Å²) in [4.78, 5) is 26.5. The number of hydrogen-bond acceptors (Lipinski definition) is 7. The number of nitrogens with zero attached hydrogens (tertiary/aromatic N) is 4. The Kier molecular flexibility index (Phi) is 5.73. The lowest BCUT2D eigenvalue weighted by Gasteiger charge is -2.24. The first kappa shape index (κ1) is 17.1. The van der Waals surface area contributed by atoms with Crippen LogP contribution in [-0.4, -0.2) is 58.2 Å². The number of pyridine rings is 1. The molecule has 0 unspecified atom stereocenters. The molecule has 132 valence electrons. The number of hydrogen-bond donors (Lipinski definition) is 3. The highest BCUT2D eigenvalue weighted by molar-refractivity contribution is 5.93. The van der Waals surface area contributed by atoms with E-state index in [1.54, 1.807) is 18.3 Å². The molecule has 25 heavy (non-hydrogen) atoms. The lowest BCUT2D eigenvalue weighted by molar-refractivity contribution is 0.0955. The van der Waals surface area contributed by atoms with Gasteiger partial charge in [-0.2, -0.15) is 0 Å². The predicted octanol–water partition coefficient (Wildman–Crippen LogP) is 0.675. The molecule has 0 radical (unpaired) electrons. The van der Waals surface area contributed by atoms with Crippen LogP contribution in [0.1, 0.15) is 23.2 Å². The van der Waals surface area contributed by atoms with E-state index in [0.29, 0.717) is 24.5 Å². The number of carbonyl (C=O) groups is 1. The first-order valence-corrected chi connectivity index (χ1v) is 8.39. The number of aliphatic hydroxyl groups is 1. The van der Waals surface area contributed by atoms with E-state index in [0.717, 1.165) is 25.2 Å². The predicted molar refractivity (Wildman–Crippen MR) is 94.5 cm³/mol. The van der Waals surface area contributed by atoms with Gasteiger partial charge in [0.1, 0.15) is 18.0 Å². The van der Waals surface area contributed by atoms with Crippen LogP contribution in [0.4, 0.5) is 11.6 Å². The van der Waals surface area contributed by atoms with Crippen LogP contribution in [0, 0.1) is 0 Å². The van der Waals surface area contributed by atoms with Crippen molar-refractivity contribution in [3.63, 3.8) is 0 Å². The molecule has 1 amide bonds. The van der Waals surface area contributed by atoms with Crippen LogP contribution in [0.5, 0.6) is 0 Å². The maximum absolute atomic E-state index is 11.9. The van der Waals surface area contributed by atoms with Gasteiger partial charge in [0.25, 0.3) is 5.91 Å². The van der Waals surface area contributed by atoms with Gasteiger partial charge in [-0.05, 0) is 25.0 Å². The van der Waals surface area contributed by atoms with E-state index in [2.05, 4.69) is 30.5 Å². The number of carbonyl (C=O) groups excluding carboxylic acids is 1. The van der Waals surface area contributed by atoms with Gasteiger partial charge in [-0.1, -0.05) is 0 Å². The van der Waals surface area contributed by atoms with Crippen molar-refractivity contribution in [1.82, 2.24) is 20.3 Å². The average molecular weight is 342 g/mol. The molecule has 1 atom stereocenters. The molecule has 1 fully saturated rings. The van der Waals surface area contributed by atoms with Gasteiger partial charge < -0.3 is 20.6 Å². The lowest BCUT2D eigenvalue weighted by atomic mass is 10.2. The summed E-state index contributed by atoms with van der Waals surface area (Å²) in [5, 5.41) is 15.4. The van der Waals surface area contributed by atoms with E-state index in [1.165, 1.54) is 12.5 Å². The molecule has 0 bridgehead atoms. The fourth-order valence-electron chi connectivity index (χ4n) is 2.89. The first-order chi connectivity index (χ1) is 12.3. The molecule has 1 saturated heterocycles. The van der Waals surface area contributed by atoms with Crippen LogP contribution in [0.15, 0.2) is 36.9 Å². The number of amides is 1. The summed E-state index contributed by atoms with van der Waals surface area (Å²) in [6.07, 6.45) is 6.71. The average Bonchev–Trinajstić information content (AvgIpc) is 3.15. The third-order valence-corrected chi connectivity index (χ3v) is 4.18. The SMILES string of the molecule is O=C(NCCNc1cc(N2CCC[C@H]2CO)ncn1)c1cccnc1. The van der Waals surface area contributed by atoms with Gasteiger partial charge in [0, 0.05) is 38.1 Å². The second kappa shape index (κ2) is 8.39. The van der Waals surface area contributed by atoms with E-state index in [4.69, 9.17) is 0 Å². The van der Waals surface area contributed by atoms with Crippen LogP contribution < -0.4 is 15.5 Å². The van der Waals surface area contributed by atoms with Gasteiger partial charge >= 0.3 is 0 Å². The molecule has 0 aliphatic carbocycles. The van der Waals surface area contributed by atoms with Crippen molar-refractivity contribution < 1.29 is 9.90 Å². The standard InChI is InChI=1S/C17H22N6O2/c24-11-14-4-2-8-23(14)16-9-15(21-12-22-16)19-6-7-20-17(25)13-3-1-5-18-10-13/h1,3,5,9-10,12,14,24H,2,4,6-8,11H2,(H,20,25)(H,19,21,22)/t14-/m0/s1. The summed E-state index contributed by atoms with van der Waals surface area (Å²) in [6.45, 7) is 2.04.